The molecule has 5 heteroatoms. The highest BCUT2D eigenvalue weighted by Crippen LogP contribution is 2.25. The summed E-state index contributed by atoms with van der Waals surface area (Å²) in [6, 6.07) is 11.5. The molecule has 3 nitrogen and oxygen atoms in total. The van der Waals surface area contributed by atoms with E-state index >= 15 is 0 Å². The molecule has 0 aliphatic heterocycles. The molecule has 1 N–H and O–H groups in total. The lowest BCUT2D eigenvalue weighted by atomic mass is 10.1. The number of anilines is 1. The van der Waals surface area contributed by atoms with Gasteiger partial charge in [0, 0.05) is 6.54 Å². The van der Waals surface area contributed by atoms with Crippen molar-refractivity contribution < 1.29 is 4.42 Å². The van der Waals surface area contributed by atoms with Gasteiger partial charge in [-0.1, -0.05) is 37.6 Å². The Labute approximate surface area is 148 Å². The fourth-order valence-corrected chi connectivity index (χ4v) is 2.84. The molecule has 0 amide bonds. The SMILES string of the molecule is CC(C)CCN(C(=S)Nc1ccccc1Cl)[C@@H](C)c1ccco1. The molecule has 0 bridgehead atoms. The number of rotatable bonds is 6. The van der Waals surface area contributed by atoms with Gasteiger partial charge in [0.2, 0.25) is 0 Å². The summed E-state index contributed by atoms with van der Waals surface area (Å²) in [7, 11) is 0. The van der Waals surface area contributed by atoms with Crippen LogP contribution in [-0.2, 0) is 0 Å². The molecule has 0 aliphatic carbocycles. The summed E-state index contributed by atoms with van der Waals surface area (Å²) < 4.78 is 5.55. The number of hydrogen-bond acceptors (Lipinski definition) is 2. The third-order valence-electron chi connectivity index (χ3n) is 3.75. The number of hydrogen-bond donors (Lipinski definition) is 1. The van der Waals surface area contributed by atoms with Gasteiger partial charge in [-0.15, -0.1) is 0 Å². The summed E-state index contributed by atoms with van der Waals surface area (Å²) in [5.41, 5.74) is 0.820. The van der Waals surface area contributed by atoms with E-state index in [2.05, 4.69) is 31.0 Å². The van der Waals surface area contributed by atoms with Crippen molar-refractivity contribution in [2.24, 2.45) is 5.92 Å². The van der Waals surface area contributed by atoms with Crippen molar-refractivity contribution in [1.82, 2.24) is 4.90 Å². The number of halogens is 1. The van der Waals surface area contributed by atoms with Crippen LogP contribution in [0.3, 0.4) is 0 Å². The number of furan rings is 1. The van der Waals surface area contributed by atoms with Crippen molar-refractivity contribution in [2.45, 2.75) is 33.2 Å². The van der Waals surface area contributed by atoms with Crippen molar-refractivity contribution in [1.29, 1.82) is 0 Å². The first-order valence-corrected chi connectivity index (χ1v) is 8.63. The maximum atomic E-state index is 6.22. The van der Waals surface area contributed by atoms with Crippen molar-refractivity contribution in [2.75, 3.05) is 11.9 Å². The predicted molar refractivity (Wildman–Crippen MR) is 101 cm³/mol. The van der Waals surface area contributed by atoms with Gasteiger partial charge >= 0.3 is 0 Å². The van der Waals surface area contributed by atoms with Gasteiger partial charge in [0.15, 0.2) is 5.11 Å². The first-order chi connectivity index (χ1) is 11.0. The van der Waals surface area contributed by atoms with Crippen LogP contribution in [0, 0.1) is 5.92 Å². The van der Waals surface area contributed by atoms with Crippen LogP contribution >= 0.6 is 23.8 Å². The zero-order valence-corrected chi connectivity index (χ0v) is 15.3. The van der Waals surface area contributed by atoms with Crippen LogP contribution < -0.4 is 5.32 Å². The first kappa shape index (κ1) is 17.8. The monoisotopic (exact) mass is 350 g/mol. The molecule has 0 saturated heterocycles. The Morgan fingerprint density at radius 2 is 1.96 bits per heavy atom. The molecular formula is C18H23ClN2OS. The van der Waals surface area contributed by atoms with Gasteiger partial charge in [-0.25, -0.2) is 0 Å². The van der Waals surface area contributed by atoms with E-state index < -0.39 is 0 Å². The minimum atomic E-state index is 0.0613. The van der Waals surface area contributed by atoms with E-state index in [-0.39, 0.29) is 6.04 Å². The van der Waals surface area contributed by atoms with Gasteiger partial charge < -0.3 is 14.6 Å². The molecule has 23 heavy (non-hydrogen) atoms. The maximum absolute atomic E-state index is 6.22. The molecule has 0 fully saturated rings. The van der Waals surface area contributed by atoms with Crippen molar-refractivity contribution in [3.63, 3.8) is 0 Å². The van der Waals surface area contributed by atoms with Crippen molar-refractivity contribution >= 4 is 34.6 Å². The molecule has 0 saturated carbocycles. The summed E-state index contributed by atoms with van der Waals surface area (Å²) >= 11 is 11.9. The Bertz CT molecular complexity index is 628. The molecular weight excluding hydrogens is 328 g/mol. The molecule has 124 valence electrons. The molecule has 1 aromatic heterocycles. The summed E-state index contributed by atoms with van der Waals surface area (Å²) in [5.74, 6) is 1.50. The molecule has 2 rings (SSSR count). The predicted octanol–water partition coefficient (Wildman–Crippen LogP) is 5.74. The van der Waals surface area contributed by atoms with Gasteiger partial charge in [-0.05, 0) is 55.7 Å². The first-order valence-electron chi connectivity index (χ1n) is 7.84. The van der Waals surface area contributed by atoms with Crippen molar-refractivity contribution in [3.8, 4) is 0 Å². The second kappa shape index (κ2) is 8.37. The molecule has 0 unspecified atom stereocenters. The minimum absolute atomic E-state index is 0.0613. The van der Waals surface area contributed by atoms with E-state index in [0.29, 0.717) is 16.1 Å². The Hall–Kier alpha value is -1.52. The van der Waals surface area contributed by atoms with Gasteiger partial charge in [0.05, 0.1) is 23.0 Å². The van der Waals surface area contributed by atoms with Crippen LogP contribution in [0.1, 0.15) is 39.0 Å². The Morgan fingerprint density at radius 3 is 2.57 bits per heavy atom. The normalized spacial score (nSPS) is 12.2. The number of nitrogens with one attached hydrogen (secondary N) is 1. The van der Waals surface area contributed by atoms with E-state index in [1.807, 2.05) is 36.4 Å². The summed E-state index contributed by atoms with van der Waals surface area (Å²) in [6.45, 7) is 7.37. The van der Waals surface area contributed by atoms with E-state index in [1.54, 1.807) is 6.26 Å². The average molecular weight is 351 g/mol. The second-order valence-electron chi connectivity index (χ2n) is 5.98. The number of nitrogens with zero attached hydrogens (tertiary/aromatic N) is 1. The Kier molecular flexibility index (Phi) is 6.48. The van der Waals surface area contributed by atoms with Crippen LogP contribution in [0.4, 0.5) is 5.69 Å². The standard InChI is InChI=1S/C18H23ClN2OS/c1-13(2)10-11-21(14(3)17-9-6-12-22-17)18(23)20-16-8-5-4-7-15(16)19/h4-9,12-14H,10-11H2,1-3H3,(H,20,23)/t14-/m0/s1. The molecule has 1 atom stereocenters. The fourth-order valence-electron chi connectivity index (χ4n) is 2.30. The maximum Gasteiger partial charge on any atom is 0.174 e. The third kappa shape index (κ3) is 4.98. The second-order valence-corrected chi connectivity index (χ2v) is 6.77. The highest BCUT2D eigenvalue weighted by molar-refractivity contribution is 7.80. The van der Waals surface area contributed by atoms with Crippen molar-refractivity contribution in [3.05, 3.63) is 53.4 Å². The lowest BCUT2D eigenvalue weighted by molar-refractivity contribution is 0.281. The van der Waals surface area contributed by atoms with E-state index in [4.69, 9.17) is 28.2 Å². The van der Waals surface area contributed by atoms with Crippen LogP contribution in [0.2, 0.25) is 5.02 Å². The molecule has 0 aliphatic rings. The largest absolute Gasteiger partial charge is 0.467 e. The average Bonchev–Trinajstić information content (AvgIpc) is 3.03. The molecule has 1 heterocycles. The lowest BCUT2D eigenvalue weighted by Crippen LogP contribution is -2.38. The highest BCUT2D eigenvalue weighted by atomic mass is 35.5. The van der Waals surface area contributed by atoms with E-state index in [1.165, 1.54) is 0 Å². The van der Waals surface area contributed by atoms with Crippen LogP contribution in [0.5, 0.6) is 0 Å². The Balaban J connectivity index is 2.15. The number of para-hydroxylation sites is 1. The fraction of sp³-hybridized carbons (Fsp3) is 0.389. The molecule has 1 aromatic carbocycles. The third-order valence-corrected chi connectivity index (χ3v) is 4.41. The summed E-state index contributed by atoms with van der Waals surface area (Å²) in [4.78, 5) is 2.15. The topological polar surface area (TPSA) is 28.4 Å². The van der Waals surface area contributed by atoms with E-state index in [9.17, 15) is 0 Å². The highest BCUT2D eigenvalue weighted by Gasteiger charge is 2.21. The van der Waals surface area contributed by atoms with Gasteiger partial charge in [-0.3, -0.25) is 0 Å². The summed E-state index contributed by atoms with van der Waals surface area (Å²) in [5, 5.41) is 4.57. The Morgan fingerprint density at radius 1 is 1.22 bits per heavy atom. The van der Waals surface area contributed by atoms with E-state index in [0.717, 1.165) is 24.4 Å². The zero-order valence-electron chi connectivity index (χ0n) is 13.8. The van der Waals surface area contributed by atoms with Gasteiger partial charge in [0.1, 0.15) is 5.76 Å². The smallest absolute Gasteiger partial charge is 0.174 e. The van der Waals surface area contributed by atoms with Crippen LogP contribution in [-0.4, -0.2) is 16.6 Å². The number of thiocarbonyl (C=S) groups is 1. The quantitative estimate of drug-likeness (QED) is 0.672. The van der Waals surface area contributed by atoms with Crippen LogP contribution in [0.15, 0.2) is 47.1 Å². The summed E-state index contributed by atoms with van der Waals surface area (Å²) in [6.07, 6.45) is 2.74. The van der Waals surface area contributed by atoms with Gasteiger partial charge in [-0.2, -0.15) is 0 Å². The lowest BCUT2D eigenvalue weighted by Gasteiger charge is -2.31. The van der Waals surface area contributed by atoms with Gasteiger partial charge in [0.25, 0.3) is 0 Å². The zero-order chi connectivity index (χ0) is 16.8. The molecule has 2 aromatic rings. The molecule has 0 radical (unpaired) electrons. The van der Waals surface area contributed by atoms with Crippen LogP contribution in [0.25, 0.3) is 0 Å². The molecule has 0 spiro atoms. The number of benzene rings is 1. The minimum Gasteiger partial charge on any atom is -0.467 e.